The zero-order valence-corrected chi connectivity index (χ0v) is 16.4. The third kappa shape index (κ3) is 3.60. The van der Waals surface area contributed by atoms with E-state index in [0.717, 1.165) is 17.7 Å². The maximum absolute atomic E-state index is 12.7. The molecule has 1 atom stereocenters. The minimum atomic E-state index is -0.675. The number of carbonyl (C=O) groups is 2. The van der Waals surface area contributed by atoms with E-state index in [4.69, 9.17) is 18.9 Å². The van der Waals surface area contributed by atoms with E-state index in [9.17, 15) is 9.59 Å². The van der Waals surface area contributed by atoms with Crippen LogP contribution in [0.2, 0.25) is 0 Å². The lowest BCUT2D eigenvalue weighted by Crippen LogP contribution is -2.38. The van der Waals surface area contributed by atoms with E-state index in [1.165, 1.54) is 33.5 Å². The lowest BCUT2D eigenvalue weighted by molar-refractivity contribution is -0.122. The molecule has 148 valence electrons. The summed E-state index contributed by atoms with van der Waals surface area (Å²) in [7, 11) is 4.39. The molecule has 2 aromatic rings. The van der Waals surface area contributed by atoms with Gasteiger partial charge in [-0.3, -0.25) is 4.79 Å². The van der Waals surface area contributed by atoms with Crippen molar-refractivity contribution in [3.63, 3.8) is 0 Å². The highest BCUT2D eigenvalue weighted by atomic mass is 16.5. The summed E-state index contributed by atoms with van der Waals surface area (Å²) in [4.78, 5) is 26.9. The average Bonchev–Trinajstić information content (AvgIpc) is 3.06. The predicted octanol–water partition coefficient (Wildman–Crippen LogP) is 2.85. The van der Waals surface area contributed by atoms with Gasteiger partial charge >= 0.3 is 5.97 Å². The summed E-state index contributed by atoms with van der Waals surface area (Å²) < 4.78 is 21.0. The van der Waals surface area contributed by atoms with Crippen LogP contribution in [0.15, 0.2) is 36.4 Å². The van der Waals surface area contributed by atoms with E-state index in [0.29, 0.717) is 11.5 Å². The molecule has 0 saturated heterocycles. The summed E-state index contributed by atoms with van der Waals surface area (Å²) in [6.07, 6.45) is 0.777. The van der Waals surface area contributed by atoms with Crippen molar-refractivity contribution in [2.45, 2.75) is 19.4 Å². The number of hydrogen-bond donors (Lipinski definition) is 0. The van der Waals surface area contributed by atoms with E-state index < -0.39 is 5.97 Å². The second-order valence-corrected chi connectivity index (χ2v) is 6.43. The van der Waals surface area contributed by atoms with Crippen LogP contribution in [0.5, 0.6) is 17.2 Å². The lowest BCUT2D eigenvalue weighted by atomic mass is 10.1. The zero-order valence-electron chi connectivity index (χ0n) is 16.4. The number of methoxy groups -OCH3 is 3. The fourth-order valence-electron chi connectivity index (χ4n) is 3.41. The maximum Gasteiger partial charge on any atom is 0.342 e. The highest BCUT2D eigenvalue weighted by Gasteiger charge is 2.31. The topological polar surface area (TPSA) is 74.3 Å². The molecule has 0 unspecified atom stereocenters. The normalized spacial score (nSPS) is 15.0. The number of benzene rings is 2. The second kappa shape index (κ2) is 8.21. The largest absolute Gasteiger partial charge is 0.496 e. The molecule has 0 aliphatic carbocycles. The molecule has 0 saturated carbocycles. The highest BCUT2D eigenvalue weighted by molar-refractivity contribution is 6.00. The molecule has 2 aromatic carbocycles. The Morgan fingerprint density at radius 2 is 1.64 bits per heavy atom. The second-order valence-electron chi connectivity index (χ2n) is 6.43. The van der Waals surface area contributed by atoms with Gasteiger partial charge in [-0.1, -0.05) is 18.2 Å². The Balaban J connectivity index is 1.75. The van der Waals surface area contributed by atoms with Crippen LogP contribution < -0.4 is 19.1 Å². The molecular weight excluding hydrogens is 362 g/mol. The summed E-state index contributed by atoms with van der Waals surface area (Å²) in [5.74, 6) is 0.115. The van der Waals surface area contributed by atoms with E-state index in [1.807, 2.05) is 31.2 Å². The first-order chi connectivity index (χ1) is 13.5. The third-order valence-corrected chi connectivity index (χ3v) is 4.73. The van der Waals surface area contributed by atoms with Gasteiger partial charge in [0.1, 0.15) is 11.3 Å². The fourth-order valence-corrected chi connectivity index (χ4v) is 3.41. The standard InChI is InChI=1S/C21H23NO6/c1-13-9-14-7-5-6-8-16(14)22(13)20(23)12-28-21(24)15-10-18(26-3)19(27-4)11-17(15)25-2/h5-8,10-11,13H,9,12H2,1-4H3/t13-/m1/s1. The quantitative estimate of drug-likeness (QED) is 0.712. The Bertz CT molecular complexity index is 894. The van der Waals surface area contributed by atoms with Gasteiger partial charge in [-0.2, -0.15) is 0 Å². The Morgan fingerprint density at radius 3 is 2.32 bits per heavy atom. The average molecular weight is 385 g/mol. The van der Waals surface area contributed by atoms with Gasteiger partial charge in [0.2, 0.25) is 0 Å². The van der Waals surface area contributed by atoms with Gasteiger partial charge in [-0.15, -0.1) is 0 Å². The van der Waals surface area contributed by atoms with Crippen molar-refractivity contribution >= 4 is 17.6 Å². The van der Waals surface area contributed by atoms with Crippen molar-refractivity contribution in [2.24, 2.45) is 0 Å². The molecule has 0 N–H and O–H groups in total. The van der Waals surface area contributed by atoms with Crippen molar-refractivity contribution in [1.82, 2.24) is 0 Å². The van der Waals surface area contributed by atoms with Crippen LogP contribution in [-0.2, 0) is 16.0 Å². The molecule has 0 aromatic heterocycles. The maximum atomic E-state index is 12.7. The summed E-state index contributed by atoms with van der Waals surface area (Å²) >= 11 is 0. The molecule has 1 aliphatic heterocycles. The Labute approximate surface area is 163 Å². The molecule has 28 heavy (non-hydrogen) atoms. The number of ether oxygens (including phenoxy) is 4. The minimum Gasteiger partial charge on any atom is -0.496 e. The van der Waals surface area contributed by atoms with Gasteiger partial charge < -0.3 is 23.8 Å². The molecule has 1 amide bonds. The van der Waals surface area contributed by atoms with Gasteiger partial charge in [-0.25, -0.2) is 4.79 Å². The number of nitrogens with zero attached hydrogens (tertiary/aromatic N) is 1. The van der Waals surface area contributed by atoms with Gasteiger partial charge in [0, 0.05) is 23.9 Å². The van der Waals surface area contributed by atoms with Crippen LogP contribution >= 0.6 is 0 Å². The molecule has 0 spiro atoms. The van der Waals surface area contributed by atoms with Crippen LogP contribution in [0, 0.1) is 0 Å². The van der Waals surface area contributed by atoms with E-state index in [2.05, 4.69) is 0 Å². The number of carbonyl (C=O) groups excluding carboxylic acids is 2. The zero-order chi connectivity index (χ0) is 20.3. The SMILES string of the molecule is COc1cc(OC)c(C(=O)OCC(=O)N2c3ccccc3C[C@H]2C)cc1OC. The van der Waals surface area contributed by atoms with Gasteiger partial charge in [-0.05, 0) is 25.0 Å². The van der Waals surface area contributed by atoms with E-state index in [1.54, 1.807) is 4.90 Å². The highest BCUT2D eigenvalue weighted by Crippen LogP contribution is 2.35. The summed E-state index contributed by atoms with van der Waals surface area (Å²) in [5, 5.41) is 0. The molecular formula is C21H23NO6. The number of rotatable bonds is 6. The van der Waals surface area contributed by atoms with Crippen molar-refractivity contribution in [1.29, 1.82) is 0 Å². The van der Waals surface area contributed by atoms with Crippen molar-refractivity contribution < 1.29 is 28.5 Å². The predicted molar refractivity (Wildman–Crippen MR) is 103 cm³/mol. The molecule has 0 fully saturated rings. The molecule has 3 rings (SSSR count). The van der Waals surface area contributed by atoms with Gasteiger partial charge in [0.05, 0.1) is 21.3 Å². The number of amides is 1. The molecule has 1 heterocycles. The minimum absolute atomic E-state index is 0.0132. The van der Waals surface area contributed by atoms with E-state index in [-0.39, 0.29) is 29.9 Å². The summed E-state index contributed by atoms with van der Waals surface area (Å²) in [6, 6.07) is 10.8. The summed E-state index contributed by atoms with van der Waals surface area (Å²) in [5.41, 5.74) is 2.12. The monoisotopic (exact) mass is 385 g/mol. The van der Waals surface area contributed by atoms with Crippen molar-refractivity contribution in [3.8, 4) is 17.2 Å². The molecule has 7 heteroatoms. The number of anilines is 1. The molecule has 7 nitrogen and oxygen atoms in total. The van der Waals surface area contributed by atoms with Gasteiger partial charge in [0.15, 0.2) is 18.1 Å². The number of para-hydroxylation sites is 1. The first kappa shape index (κ1) is 19.5. The fraction of sp³-hybridized carbons (Fsp3) is 0.333. The first-order valence-electron chi connectivity index (χ1n) is 8.87. The van der Waals surface area contributed by atoms with Crippen LogP contribution in [-0.4, -0.2) is 45.9 Å². The van der Waals surface area contributed by atoms with Gasteiger partial charge in [0.25, 0.3) is 5.91 Å². The smallest absolute Gasteiger partial charge is 0.342 e. The number of hydrogen-bond acceptors (Lipinski definition) is 6. The Morgan fingerprint density at radius 1 is 1.00 bits per heavy atom. The Kier molecular flexibility index (Phi) is 5.73. The van der Waals surface area contributed by atoms with Crippen molar-refractivity contribution in [2.75, 3.05) is 32.8 Å². The van der Waals surface area contributed by atoms with E-state index >= 15 is 0 Å². The third-order valence-electron chi connectivity index (χ3n) is 4.73. The first-order valence-corrected chi connectivity index (χ1v) is 8.87. The number of fused-ring (bicyclic) bond motifs is 1. The number of esters is 1. The van der Waals surface area contributed by atoms with Crippen LogP contribution in [0.1, 0.15) is 22.8 Å². The van der Waals surface area contributed by atoms with Crippen molar-refractivity contribution in [3.05, 3.63) is 47.5 Å². The van der Waals surface area contributed by atoms with Crippen LogP contribution in [0.4, 0.5) is 5.69 Å². The van der Waals surface area contributed by atoms with Crippen LogP contribution in [0.25, 0.3) is 0 Å². The lowest BCUT2D eigenvalue weighted by Gasteiger charge is -2.22. The Hall–Kier alpha value is -3.22. The molecule has 0 bridgehead atoms. The molecule has 0 radical (unpaired) electrons. The summed E-state index contributed by atoms with van der Waals surface area (Å²) in [6.45, 7) is 1.60. The molecule has 1 aliphatic rings. The van der Waals surface area contributed by atoms with Crippen LogP contribution in [0.3, 0.4) is 0 Å².